The Bertz CT molecular complexity index is 429. The number of urea groups is 1. The summed E-state index contributed by atoms with van der Waals surface area (Å²) in [4.78, 5) is 55.7. The number of hydrogen-bond acceptors (Lipinski definition) is 7. The van der Waals surface area contributed by atoms with Crippen LogP contribution >= 0.6 is 0 Å². The summed E-state index contributed by atoms with van der Waals surface area (Å²) in [6, 6.07) is -1.11. The van der Waals surface area contributed by atoms with Crippen molar-refractivity contribution in [2.24, 2.45) is 5.73 Å². The average molecular weight is 302 g/mol. The van der Waals surface area contributed by atoms with Crippen LogP contribution in [0.2, 0.25) is 0 Å². The minimum Gasteiger partial charge on any atom is -0.403 e. The van der Waals surface area contributed by atoms with Gasteiger partial charge < -0.3 is 15.2 Å². The normalized spacial score (nSPS) is 10.4. The van der Waals surface area contributed by atoms with Crippen LogP contribution in [0.3, 0.4) is 0 Å². The maximum atomic E-state index is 11.5. The maximum absolute atomic E-state index is 11.5. The molecule has 0 aromatic carbocycles. The Labute approximate surface area is 121 Å². The van der Waals surface area contributed by atoms with Crippen LogP contribution in [0.4, 0.5) is 4.79 Å². The van der Waals surface area contributed by atoms with E-state index >= 15 is 0 Å². The lowest BCUT2D eigenvalue weighted by atomic mass is 10.3. The summed E-state index contributed by atoms with van der Waals surface area (Å²) in [5, 5.41) is 1.98. The van der Waals surface area contributed by atoms with Gasteiger partial charge in [0.05, 0.1) is 0 Å². The van der Waals surface area contributed by atoms with Gasteiger partial charge in [-0.05, 0) is 13.8 Å². The maximum Gasteiger partial charge on any atom is 0.343 e. The van der Waals surface area contributed by atoms with Crippen molar-refractivity contribution in [1.82, 2.24) is 5.32 Å². The largest absolute Gasteiger partial charge is 0.403 e. The third kappa shape index (κ3) is 7.65. The monoisotopic (exact) mass is 302 g/mol. The van der Waals surface area contributed by atoms with Crippen molar-refractivity contribution in [2.45, 2.75) is 45.9 Å². The zero-order valence-electron chi connectivity index (χ0n) is 12.1. The second-order valence-electron chi connectivity index (χ2n) is 4.30. The van der Waals surface area contributed by atoms with Gasteiger partial charge in [0.1, 0.15) is 24.4 Å². The van der Waals surface area contributed by atoms with Crippen LogP contribution in [-0.2, 0) is 28.7 Å². The summed E-state index contributed by atoms with van der Waals surface area (Å²) in [5.74, 6) is -5.11. The Balaban J connectivity index is 5.10. The Hall–Kier alpha value is -2.45. The first-order chi connectivity index (χ1) is 9.60. The number of ether oxygens (including phenoxy) is 2. The van der Waals surface area contributed by atoms with Gasteiger partial charge in [0.15, 0.2) is 0 Å². The fourth-order valence-electron chi connectivity index (χ4n) is 1.34. The van der Waals surface area contributed by atoms with Crippen LogP contribution in [0.1, 0.15) is 40.0 Å². The Morgan fingerprint density at radius 1 is 0.952 bits per heavy atom. The summed E-state index contributed by atoms with van der Waals surface area (Å²) >= 11 is 0. The van der Waals surface area contributed by atoms with Crippen LogP contribution in [-0.4, -0.2) is 35.4 Å². The van der Waals surface area contributed by atoms with Gasteiger partial charge in [0.25, 0.3) is 0 Å². The molecule has 0 unspecified atom stereocenters. The van der Waals surface area contributed by atoms with E-state index in [0.29, 0.717) is 0 Å². The molecule has 0 rings (SSSR count). The Kier molecular flexibility index (Phi) is 7.05. The predicted molar refractivity (Wildman–Crippen MR) is 68.5 cm³/mol. The minimum atomic E-state index is -2.15. The zero-order valence-corrected chi connectivity index (χ0v) is 12.1. The van der Waals surface area contributed by atoms with Gasteiger partial charge in [-0.15, -0.1) is 0 Å². The highest BCUT2D eigenvalue weighted by atomic mass is 16.8. The Morgan fingerprint density at radius 2 is 1.33 bits per heavy atom. The number of amides is 2. The van der Waals surface area contributed by atoms with Crippen molar-refractivity contribution >= 4 is 29.5 Å². The van der Waals surface area contributed by atoms with Crippen molar-refractivity contribution in [3.05, 3.63) is 0 Å². The first-order valence-corrected chi connectivity index (χ1v) is 6.10. The molecule has 0 aliphatic heterocycles. The number of carbonyl (C=O) groups excluding carboxylic acids is 5. The molecule has 0 aromatic heterocycles. The van der Waals surface area contributed by atoms with Gasteiger partial charge >= 0.3 is 23.9 Å². The lowest BCUT2D eigenvalue weighted by Crippen LogP contribution is -2.56. The average Bonchev–Trinajstić information content (AvgIpc) is 2.24. The van der Waals surface area contributed by atoms with E-state index in [-0.39, 0.29) is 6.42 Å². The second kappa shape index (κ2) is 7.98. The molecule has 0 fully saturated rings. The van der Waals surface area contributed by atoms with Gasteiger partial charge in [0.2, 0.25) is 0 Å². The van der Waals surface area contributed by atoms with Crippen LogP contribution in [0, 0.1) is 0 Å². The molecule has 0 saturated carbocycles. The molecule has 0 aromatic rings. The molecule has 0 atom stereocenters. The van der Waals surface area contributed by atoms with Gasteiger partial charge in [0, 0.05) is 6.42 Å². The number of primary amides is 1. The molecule has 0 bridgehead atoms. The van der Waals surface area contributed by atoms with Gasteiger partial charge in [-0.25, -0.2) is 4.79 Å². The molecule has 0 heterocycles. The first-order valence-electron chi connectivity index (χ1n) is 6.10. The Morgan fingerprint density at radius 3 is 1.57 bits per heavy atom. The van der Waals surface area contributed by atoms with E-state index in [1.807, 2.05) is 5.32 Å². The van der Waals surface area contributed by atoms with E-state index in [2.05, 4.69) is 0 Å². The smallest absolute Gasteiger partial charge is 0.343 e. The third-order valence-electron chi connectivity index (χ3n) is 2.12. The number of esters is 2. The topological polar surface area (TPSA) is 142 Å². The fraction of sp³-hybridized carbons (Fsp3) is 0.583. The standard InChI is InChI=1S/C12H18N2O7/c1-4-12(14-11(13)19,20-9(17)5-7(2)15)21-10(18)6-8(3)16/h4-6H2,1-3H3,(H3,13,14,19). The summed E-state index contributed by atoms with van der Waals surface area (Å²) in [6.07, 6.45) is -1.29. The molecule has 21 heavy (non-hydrogen) atoms. The number of nitrogens with one attached hydrogen (secondary N) is 1. The highest BCUT2D eigenvalue weighted by molar-refractivity contribution is 5.95. The van der Waals surface area contributed by atoms with Gasteiger partial charge in [-0.1, -0.05) is 6.92 Å². The summed E-state index contributed by atoms with van der Waals surface area (Å²) in [7, 11) is 0. The number of nitrogens with two attached hydrogens (primary N) is 1. The molecule has 0 aliphatic carbocycles. The van der Waals surface area contributed by atoms with Crippen molar-refractivity contribution in [3.63, 3.8) is 0 Å². The molecule has 2 amide bonds. The molecule has 9 nitrogen and oxygen atoms in total. The number of Topliss-reactive ketones (excluding diaryl/α,β-unsaturated/α-hetero) is 2. The molecule has 118 valence electrons. The van der Waals surface area contributed by atoms with Crippen molar-refractivity contribution < 1.29 is 33.4 Å². The highest BCUT2D eigenvalue weighted by Gasteiger charge is 2.38. The molecular weight excluding hydrogens is 284 g/mol. The summed E-state index contributed by atoms with van der Waals surface area (Å²) in [6.45, 7) is 3.77. The van der Waals surface area contributed by atoms with Crippen molar-refractivity contribution in [2.75, 3.05) is 0 Å². The molecule has 0 spiro atoms. The van der Waals surface area contributed by atoms with Crippen LogP contribution in [0.15, 0.2) is 0 Å². The lowest BCUT2D eigenvalue weighted by Gasteiger charge is -2.31. The minimum absolute atomic E-state index is 0.163. The van der Waals surface area contributed by atoms with E-state index in [1.54, 1.807) is 0 Å². The quantitative estimate of drug-likeness (QED) is 0.358. The molecule has 9 heteroatoms. The van der Waals surface area contributed by atoms with Crippen LogP contribution in [0.5, 0.6) is 0 Å². The number of ketones is 2. The lowest BCUT2D eigenvalue weighted by molar-refractivity contribution is -0.236. The van der Waals surface area contributed by atoms with Gasteiger partial charge in [-0.3, -0.25) is 24.5 Å². The SMILES string of the molecule is CCC(NC(N)=O)(OC(=O)CC(C)=O)OC(=O)CC(C)=O. The fourth-order valence-corrected chi connectivity index (χ4v) is 1.34. The van der Waals surface area contributed by atoms with E-state index in [1.165, 1.54) is 6.92 Å². The van der Waals surface area contributed by atoms with Crippen molar-refractivity contribution in [3.8, 4) is 0 Å². The highest BCUT2D eigenvalue weighted by Crippen LogP contribution is 2.17. The van der Waals surface area contributed by atoms with E-state index in [9.17, 15) is 24.0 Å². The number of rotatable bonds is 8. The third-order valence-corrected chi connectivity index (χ3v) is 2.12. The van der Waals surface area contributed by atoms with Crippen LogP contribution in [0.25, 0.3) is 0 Å². The molecule has 0 aliphatic rings. The predicted octanol–water partition coefficient (Wildman–Crippen LogP) is -0.237. The van der Waals surface area contributed by atoms with E-state index in [4.69, 9.17) is 15.2 Å². The molecule has 0 radical (unpaired) electrons. The first kappa shape index (κ1) is 18.6. The van der Waals surface area contributed by atoms with E-state index < -0.39 is 48.3 Å². The number of carbonyl (C=O) groups is 5. The molecular formula is C12H18N2O7. The van der Waals surface area contributed by atoms with Crippen molar-refractivity contribution in [1.29, 1.82) is 0 Å². The second-order valence-corrected chi connectivity index (χ2v) is 4.30. The van der Waals surface area contributed by atoms with E-state index in [0.717, 1.165) is 13.8 Å². The summed E-state index contributed by atoms with van der Waals surface area (Å²) in [5.41, 5.74) is 4.94. The number of hydrogen-bond donors (Lipinski definition) is 2. The van der Waals surface area contributed by atoms with Crippen LogP contribution < -0.4 is 11.1 Å². The molecule has 3 N–H and O–H groups in total. The van der Waals surface area contributed by atoms with Gasteiger partial charge in [-0.2, -0.15) is 0 Å². The zero-order chi connectivity index (χ0) is 16.6. The summed E-state index contributed by atoms with van der Waals surface area (Å²) < 4.78 is 9.67. The molecule has 0 saturated heterocycles.